The summed E-state index contributed by atoms with van der Waals surface area (Å²) in [6, 6.07) is 6.13. The number of aromatic nitrogens is 1. The van der Waals surface area contributed by atoms with E-state index in [2.05, 4.69) is 144 Å². The molecule has 10 nitrogen and oxygen atoms in total. The Morgan fingerprint density at radius 1 is 0.719 bits per heavy atom. The molecule has 2 aliphatic heterocycles. The maximum absolute atomic E-state index is 8.14. The highest BCUT2D eigenvalue weighted by Gasteiger charge is 2.71. The van der Waals surface area contributed by atoms with Crippen molar-refractivity contribution in [2.75, 3.05) is 27.3 Å². The Labute approximate surface area is 390 Å². The van der Waals surface area contributed by atoms with Crippen LogP contribution in [0.25, 0.3) is 11.3 Å². The van der Waals surface area contributed by atoms with Gasteiger partial charge in [0.1, 0.15) is 47.6 Å². The molecule has 0 bridgehead atoms. The van der Waals surface area contributed by atoms with Gasteiger partial charge < -0.3 is 41.5 Å². The zero-order chi connectivity index (χ0) is 47.5. The van der Waals surface area contributed by atoms with E-state index in [0.29, 0.717) is 74.4 Å². The monoisotopic (exact) mass is 942 g/mol. The van der Waals surface area contributed by atoms with Crippen LogP contribution in [-0.4, -0.2) is 75.7 Å². The van der Waals surface area contributed by atoms with Crippen LogP contribution in [0, 0.1) is 5.92 Å². The first kappa shape index (κ1) is 51.6. The summed E-state index contributed by atoms with van der Waals surface area (Å²) < 4.78 is 64.4. The van der Waals surface area contributed by atoms with Crippen LogP contribution >= 0.6 is 0 Å². The summed E-state index contributed by atoms with van der Waals surface area (Å²) in [4.78, 5) is 0. The van der Waals surface area contributed by atoms with Crippen molar-refractivity contribution in [2.24, 2.45) is 5.92 Å². The van der Waals surface area contributed by atoms with Gasteiger partial charge in [-0.15, -0.1) is 0 Å². The van der Waals surface area contributed by atoms with Crippen molar-refractivity contribution < 1.29 is 41.5 Å². The topological polar surface area (TPSA) is 99.9 Å². The van der Waals surface area contributed by atoms with Crippen molar-refractivity contribution in [3.8, 4) is 17.0 Å². The molecule has 0 radical (unpaired) electrons. The smallest absolute Gasteiger partial charge is 0.201 e. The predicted octanol–water partition coefficient (Wildman–Crippen LogP) is 13.9. The average Bonchev–Trinajstić information content (AvgIpc) is 3.80. The summed E-state index contributed by atoms with van der Waals surface area (Å²) in [5.74, 6) is 2.34. The molecule has 0 saturated carbocycles. The fourth-order valence-electron chi connectivity index (χ4n) is 14.2. The molecule has 1 saturated heterocycles. The van der Waals surface area contributed by atoms with Gasteiger partial charge in [0, 0.05) is 19.1 Å². The van der Waals surface area contributed by atoms with Gasteiger partial charge in [-0.3, -0.25) is 0 Å². The number of nitrogens with zero attached hydrogens (tertiary/aromatic N) is 1. The molecule has 64 heavy (non-hydrogen) atoms. The Balaban J connectivity index is 1.71. The van der Waals surface area contributed by atoms with E-state index >= 15 is 0 Å². The first-order valence-electron chi connectivity index (χ1n) is 24.9. The molecular weight excluding hydrogens is 855 g/mol. The van der Waals surface area contributed by atoms with Crippen molar-refractivity contribution in [2.45, 2.75) is 224 Å². The Bertz CT molecular complexity index is 1880. The van der Waals surface area contributed by atoms with Crippen molar-refractivity contribution in [3.05, 3.63) is 46.9 Å². The fourth-order valence-corrected chi connectivity index (χ4v) is 30.8. The van der Waals surface area contributed by atoms with Gasteiger partial charge in [0.05, 0.1) is 23.8 Å². The van der Waals surface area contributed by atoms with Gasteiger partial charge in [-0.05, 0) is 74.4 Å². The third-order valence-electron chi connectivity index (χ3n) is 16.4. The number of ether oxygens (including phenoxy) is 5. The molecule has 6 atom stereocenters. The average molecular weight is 943 g/mol. The molecule has 0 N–H and O–H groups in total. The van der Waals surface area contributed by atoms with Gasteiger partial charge >= 0.3 is 0 Å². The first-order valence-corrected chi connectivity index (χ1v) is 31.3. The number of benzene rings is 1. The van der Waals surface area contributed by atoms with Crippen molar-refractivity contribution >= 4 is 25.0 Å². The second-order valence-electron chi connectivity index (χ2n) is 22.6. The van der Waals surface area contributed by atoms with E-state index in [1.165, 1.54) is 0 Å². The molecule has 0 amide bonds. The van der Waals surface area contributed by atoms with Crippen LogP contribution in [0.3, 0.4) is 0 Å². The maximum Gasteiger partial charge on any atom is 0.201 e. The minimum atomic E-state index is -2.58. The van der Waals surface area contributed by atoms with Crippen LogP contribution in [0.5, 0.6) is 5.75 Å². The van der Waals surface area contributed by atoms with E-state index < -0.39 is 54.5 Å². The Hall–Kier alpha value is -1.82. The molecule has 4 aliphatic rings. The lowest BCUT2D eigenvalue weighted by Crippen LogP contribution is -2.63. The highest BCUT2D eigenvalue weighted by Crippen LogP contribution is 2.68. The van der Waals surface area contributed by atoms with Crippen LogP contribution in [0.15, 0.2) is 34.6 Å². The van der Waals surface area contributed by atoms with E-state index in [1.54, 1.807) is 7.11 Å². The van der Waals surface area contributed by atoms with Crippen molar-refractivity contribution in [1.82, 2.24) is 5.16 Å². The lowest BCUT2D eigenvalue weighted by molar-refractivity contribution is -0.139. The first-order chi connectivity index (χ1) is 30.0. The van der Waals surface area contributed by atoms with Gasteiger partial charge in [0.2, 0.25) is 25.0 Å². The Morgan fingerprint density at radius 2 is 1.27 bits per heavy atom. The largest absolute Gasteiger partial charge is 0.486 e. The van der Waals surface area contributed by atoms with E-state index in [4.69, 9.17) is 46.6 Å². The quantitative estimate of drug-likeness (QED) is 0.0942. The molecule has 1 spiro atoms. The van der Waals surface area contributed by atoms with Gasteiger partial charge in [-0.2, -0.15) is 0 Å². The molecule has 1 fully saturated rings. The fraction of sp³-hybridized carbons (Fsp3) is 0.784. The summed E-state index contributed by atoms with van der Waals surface area (Å²) in [5, 5.41) is 4.80. The van der Waals surface area contributed by atoms with E-state index in [9.17, 15) is 0 Å². The molecule has 2 aromatic rings. The molecule has 13 heteroatoms. The standard InChI is InChI=1S/C51H87NO9Si3/c1-30(2)62(31(3)4,32(5)6)57-27-44-49(61-64(36(13)14,37(15)16)38(17)18)43(60-63(33(7)8,34(9)10)35(11)12)25-45(58-44)51-40-22-21-23-41(54-28-53-20)46(40)48-47-42(59-52-48)24-39(19)26-50(47,51)55-29-56-51/h21-23,25,30-39,43-44,49H,24,26-29H2,1-20H3/t39-,43+,44+,49-,50+,51+/m0/s1. The van der Waals surface area contributed by atoms with Gasteiger partial charge in [-0.25, -0.2) is 0 Å². The minimum absolute atomic E-state index is 0.0590. The van der Waals surface area contributed by atoms with Crippen LogP contribution in [-0.2, 0) is 49.8 Å². The molecule has 1 aromatic carbocycles. The third kappa shape index (κ3) is 7.92. The van der Waals surface area contributed by atoms with Gasteiger partial charge in [0.15, 0.2) is 12.4 Å². The highest BCUT2D eigenvalue weighted by molar-refractivity contribution is 6.78. The Kier molecular flexibility index (Phi) is 15.5. The zero-order valence-electron chi connectivity index (χ0n) is 43.5. The molecule has 3 heterocycles. The summed E-state index contributed by atoms with van der Waals surface area (Å²) >= 11 is 0. The molecule has 0 unspecified atom stereocenters. The molecular formula is C51H87NO9Si3. The second-order valence-corrected chi connectivity index (χ2v) is 38.9. The summed E-state index contributed by atoms with van der Waals surface area (Å²) in [6.07, 6.45) is 2.26. The van der Waals surface area contributed by atoms with Crippen molar-refractivity contribution in [3.63, 3.8) is 0 Å². The molecule has 6 rings (SSSR count). The van der Waals surface area contributed by atoms with E-state index in [0.717, 1.165) is 34.6 Å². The maximum atomic E-state index is 8.14. The van der Waals surface area contributed by atoms with Gasteiger partial charge in [0.25, 0.3) is 0 Å². The van der Waals surface area contributed by atoms with Gasteiger partial charge in [-0.1, -0.05) is 149 Å². The number of hydrogen-bond acceptors (Lipinski definition) is 10. The molecule has 362 valence electrons. The SMILES string of the molecule is COCOc1cccc2c1-c1noc3c1[C@@]1(C[C@@H](C)C3)OCO[C@@]21C1=C[C@@H](O[Si](C(C)C)(C(C)C)C(C)C)[C@H](O[Si](C(C)C)(C(C)C)C(C)C)[C@@H](CO[Si](C(C)C)(C(C)C)C(C)C)O1. The second kappa shape index (κ2) is 19.3. The zero-order valence-corrected chi connectivity index (χ0v) is 46.5. The third-order valence-corrected chi connectivity index (χ3v) is 34.7. The van der Waals surface area contributed by atoms with E-state index in [1.807, 2.05) is 12.1 Å². The predicted molar refractivity (Wildman–Crippen MR) is 264 cm³/mol. The van der Waals surface area contributed by atoms with Crippen LogP contribution in [0.1, 0.15) is 155 Å². The lowest BCUT2D eigenvalue weighted by atomic mass is 9.59. The molecule has 2 aliphatic carbocycles. The van der Waals surface area contributed by atoms with Crippen molar-refractivity contribution in [1.29, 1.82) is 0 Å². The van der Waals surface area contributed by atoms with Crippen LogP contribution < -0.4 is 4.74 Å². The normalized spacial score (nSPS) is 26.2. The summed E-state index contributed by atoms with van der Waals surface area (Å²) in [6.45, 7) is 45.3. The summed E-state index contributed by atoms with van der Waals surface area (Å²) in [5.41, 5.74) is 4.26. The van der Waals surface area contributed by atoms with E-state index in [-0.39, 0.29) is 19.5 Å². The lowest BCUT2D eigenvalue weighted by Gasteiger charge is -2.55. The highest BCUT2D eigenvalue weighted by atomic mass is 28.4. The summed E-state index contributed by atoms with van der Waals surface area (Å²) in [7, 11) is -5.90. The number of rotatable bonds is 20. The number of hydrogen-bond donors (Lipinski definition) is 0. The van der Waals surface area contributed by atoms with Crippen LogP contribution in [0.4, 0.5) is 0 Å². The Morgan fingerprint density at radius 3 is 1.80 bits per heavy atom. The number of fused-ring (bicyclic) bond motifs is 3. The number of methoxy groups -OCH3 is 1. The minimum Gasteiger partial charge on any atom is -0.486 e. The van der Waals surface area contributed by atoms with Crippen LogP contribution in [0.2, 0.25) is 49.9 Å². The molecule has 1 aromatic heterocycles.